The smallest absolute Gasteiger partial charge is 0.306 e. The highest BCUT2D eigenvalue weighted by molar-refractivity contribution is 5.71. The van der Waals surface area contributed by atoms with Crippen LogP contribution < -0.4 is 0 Å². The normalized spacial score (nSPS) is 12.5. The SMILES string of the molecule is CCCCC/C=C\C/C=C\CCCCCCCCCCCC(=O)OC[C@H](COC(=O)CCCCCCCCCCCCC)OC(=O)CCC/C=C\C/C=C\C/C=C\CCCCCCCC. The molecule has 0 unspecified atom stereocenters. The third-order valence-electron chi connectivity index (χ3n) is 12.0. The van der Waals surface area contributed by atoms with E-state index >= 15 is 0 Å². The lowest BCUT2D eigenvalue weighted by molar-refractivity contribution is -0.167. The van der Waals surface area contributed by atoms with Crippen molar-refractivity contribution in [3.63, 3.8) is 0 Å². The molecule has 0 radical (unpaired) electrons. The Kier molecular flexibility index (Phi) is 51.3. The molecule has 0 spiro atoms. The van der Waals surface area contributed by atoms with Gasteiger partial charge in [-0.25, -0.2) is 0 Å². The average molecular weight is 909 g/mol. The first kappa shape index (κ1) is 62.1. The molecule has 0 bridgehead atoms. The molecular weight excluding hydrogens is 805 g/mol. The Morgan fingerprint density at radius 2 is 0.569 bits per heavy atom. The quantitative estimate of drug-likeness (QED) is 0.0262. The molecule has 376 valence electrons. The molecular formula is C59H104O6. The molecule has 0 saturated carbocycles. The van der Waals surface area contributed by atoms with Crippen molar-refractivity contribution in [1.82, 2.24) is 0 Å². The molecule has 0 aliphatic carbocycles. The van der Waals surface area contributed by atoms with Crippen molar-refractivity contribution in [2.45, 2.75) is 284 Å². The summed E-state index contributed by atoms with van der Waals surface area (Å²) in [5.74, 6) is -0.943. The van der Waals surface area contributed by atoms with Crippen LogP contribution in [0.25, 0.3) is 0 Å². The van der Waals surface area contributed by atoms with Crippen molar-refractivity contribution < 1.29 is 28.6 Å². The van der Waals surface area contributed by atoms with E-state index in [4.69, 9.17) is 14.2 Å². The molecule has 0 saturated heterocycles. The molecule has 0 aliphatic rings. The van der Waals surface area contributed by atoms with E-state index in [1.54, 1.807) is 0 Å². The second-order valence-corrected chi connectivity index (χ2v) is 18.5. The second-order valence-electron chi connectivity index (χ2n) is 18.5. The number of carbonyl (C=O) groups is 3. The van der Waals surface area contributed by atoms with E-state index in [2.05, 4.69) is 81.5 Å². The van der Waals surface area contributed by atoms with Crippen molar-refractivity contribution >= 4 is 17.9 Å². The second kappa shape index (κ2) is 53.7. The lowest BCUT2D eigenvalue weighted by Crippen LogP contribution is -2.30. The first-order chi connectivity index (χ1) is 32.0. The maximum Gasteiger partial charge on any atom is 0.306 e. The van der Waals surface area contributed by atoms with Crippen LogP contribution in [0.15, 0.2) is 60.8 Å². The van der Waals surface area contributed by atoms with Crippen LogP contribution in [0.2, 0.25) is 0 Å². The highest BCUT2D eigenvalue weighted by atomic mass is 16.6. The van der Waals surface area contributed by atoms with Crippen LogP contribution in [0.5, 0.6) is 0 Å². The van der Waals surface area contributed by atoms with E-state index in [1.165, 1.54) is 167 Å². The van der Waals surface area contributed by atoms with E-state index < -0.39 is 6.10 Å². The molecule has 0 N–H and O–H groups in total. The molecule has 1 atom stereocenters. The third-order valence-corrected chi connectivity index (χ3v) is 12.0. The fourth-order valence-corrected chi connectivity index (χ4v) is 7.78. The van der Waals surface area contributed by atoms with Crippen LogP contribution in [-0.4, -0.2) is 37.2 Å². The van der Waals surface area contributed by atoms with Gasteiger partial charge in [0.2, 0.25) is 0 Å². The molecule has 0 fully saturated rings. The zero-order valence-corrected chi connectivity index (χ0v) is 43.0. The van der Waals surface area contributed by atoms with Gasteiger partial charge in [-0.05, 0) is 83.5 Å². The standard InChI is InChI=1S/C59H104O6/c1-4-7-10-13-16-19-22-24-26-28-29-31-32-34-37-40-43-46-49-52-58(61)64-55-56(54-63-57(60)51-48-45-42-39-36-21-18-15-12-9-6-3)65-59(62)53-50-47-44-41-38-35-33-30-27-25-23-20-17-14-11-8-5-2/h16,19,24-27,33,35,41,44,56H,4-15,17-18,20-23,28-32,34,36-40,42-43,45-55H2,1-3H3/b19-16-,26-24-,27-25-,35-33-,44-41-/t56-/m0/s1. The van der Waals surface area contributed by atoms with Crippen molar-refractivity contribution in [1.29, 1.82) is 0 Å². The number of hydrogen-bond donors (Lipinski definition) is 0. The molecule has 0 aromatic rings. The van der Waals surface area contributed by atoms with Gasteiger partial charge in [-0.1, -0.05) is 236 Å². The van der Waals surface area contributed by atoms with Crippen LogP contribution in [-0.2, 0) is 28.6 Å². The maximum atomic E-state index is 12.8. The average Bonchev–Trinajstić information content (AvgIpc) is 3.30. The summed E-state index contributed by atoms with van der Waals surface area (Å²) in [5, 5.41) is 0. The number of hydrogen-bond acceptors (Lipinski definition) is 6. The van der Waals surface area contributed by atoms with Crippen molar-refractivity contribution in [2.24, 2.45) is 0 Å². The summed E-state index contributed by atoms with van der Waals surface area (Å²) in [7, 11) is 0. The fraction of sp³-hybridized carbons (Fsp3) is 0.780. The molecule has 0 rings (SSSR count). The topological polar surface area (TPSA) is 78.9 Å². The van der Waals surface area contributed by atoms with Gasteiger partial charge in [-0.3, -0.25) is 14.4 Å². The molecule has 65 heavy (non-hydrogen) atoms. The third kappa shape index (κ3) is 51.9. The van der Waals surface area contributed by atoms with Gasteiger partial charge < -0.3 is 14.2 Å². The van der Waals surface area contributed by atoms with Crippen LogP contribution in [0.4, 0.5) is 0 Å². The van der Waals surface area contributed by atoms with Crippen LogP contribution in [0, 0.1) is 0 Å². The number of rotatable bonds is 50. The lowest BCUT2D eigenvalue weighted by Gasteiger charge is -2.18. The maximum absolute atomic E-state index is 12.8. The molecule has 0 aromatic carbocycles. The van der Waals surface area contributed by atoms with Crippen molar-refractivity contribution in [3.05, 3.63) is 60.8 Å². The largest absolute Gasteiger partial charge is 0.462 e. The Bertz CT molecular complexity index is 1180. The van der Waals surface area contributed by atoms with E-state index in [0.717, 1.165) is 64.2 Å². The Balaban J connectivity index is 4.40. The molecule has 0 aromatic heterocycles. The van der Waals surface area contributed by atoms with Gasteiger partial charge in [0.05, 0.1) is 0 Å². The number of ether oxygens (including phenoxy) is 3. The van der Waals surface area contributed by atoms with Gasteiger partial charge in [-0.15, -0.1) is 0 Å². The predicted molar refractivity (Wildman–Crippen MR) is 279 cm³/mol. The molecule has 6 nitrogen and oxygen atoms in total. The highest BCUT2D eigenvalue weighted by Gasteiger charge is 2.19. The monoisotopic (exact) mass is 909 g/mol. The van der Waals surface area contributed by atoms with Crippen LogP contribution in [0.1, 0.15) is 278 Å². The highest BCUT2D eigenvalue weighted by Crippen LogP contribution is 2.15. The molecule has 0 aliphatic heterocycles. The Hall–Kier alpha value is -2.89. The molecule has 6 heteroatoms. The number of allylic oxidation sites excluding steroid dienone is 10. The zero-order chi connectivity index (χ0) is 47.2. The Labute approximate surface area is 402 Å². The fourth-order valence-electron chi connectivity index (χ4n) is 7.78. The minimum atomic E-state index is -0.800. The number of unbranched alkanes of at least 4 members (excludes halogenated alkanes) is 29. The van der Waals surface area contributed by atoms with E-state index in [-0.39, 0.29) is 37.5 Å². The van der Waals surface area contributed by atoms with Gasteiger partial charge >= 0.3 is 17.9 Å². The van der Waals surface area contributed by atoms with E-state index in [1.807, 2.05) is 0 Å². The summed E-state index contributed by atoms with van der Waals surface area (Å²) >= 11 is 0. The summed E-state index contributed by atoms with van der Waals surface area (Å²) in [6.07, 6.45) is 66.4. The lowest BCUT2D eigenvalue weighted by atomic mass is 10.1. The van der Waals surface area contributed by atoms with Crippen LogP contribution in [0.3, 0.4) is 0 Å². The summed E-state index contributed by atoms with van der Waals surface area (Å²) < 4.78 is 16.8. The van der Waals surface area contributed by atoms with E-state index in [9.17, 15) is 14.4 Å². The van der Waals surface area contributed by atoms with Crippen LogP contribution >= 0.6 is 0 Å². The van der Waals surface area contributed by atoms with Crippen molar-refractivity contribution in [3.8, 4) is 0 Å². The van der Waals surface area contributed by atoms with Gasteiger partial charge in [0.1, 0.15) is 13.2 Å². The predicted octanol–water partition coefficient (Wildman–Crippen LogP) is 18.4. The molecule has 0 amide bonds. The Morgan fingerprint density at radius 1 is 0.308 bits per heavy atom. The zero-order valence-electron chi connectivity index (χ0n) is 43.0. The minimum absolute atomic E-state index is 0.0933. The van der Waals surface area contributed by atoms with Gasteiger partial charge in [0.15, 0.2) is 6.10 Å². The first-order valence-electron chi connectivity index (χ1n) is 27.8. The summed E-state index contributed by atoms with van der Waals surface area (Å²) in [6, 6.07) is 0. The number of esters is 3. The van der Waals surface area contributed by atoms with Gasteiger partial charge in [0.25, 0.3) is 0 Å². The summed E-state index contributed by atoms with van der Waals surface area (Å²) in [6.45, 7) is 6.57. The van der Waals surface area contributed by atoms with Gasteiger partial charge in [-0.2, -0.15) is 0 Å². The molecule has 0 heterocycles. The Morgan fingerprint density at radius 3 is 0.938 bits per heavy atom. The first-order valence-corrected chi connectivity index (χ1v) is 27.8. The van der Waals surface area contributed by atoms with Crippen molar-refractivity contribution in [2.75, 3.05) is 13.2 Å². The summed E-state index contributed by atoms with van der Waals surface area (Å²) in [4.78, 5) is 38.0. The number of carbonyl (C=O) groups excluding carboxylic acids is 3. The minimum Gasteiger partial charge on any atom is -0.462 e. The summed E-state index contributed by atoms with van der Waals surface area (Å²) in [5.41, 5.74) is 0. The van der Waals surface area contributed by atoms with E-state index in [0.29, 0.717) is 19.3 Å². The van der Waals surface area contributed by atoms with Gasteiger partial charge in [0, 0.05) is 19.3 Å².